The standard InChI is InChI=1S/C22H17NO5/c24-20(22-21(28-22)16-6-2-1-3-7-16)18-8-4-5-9-19(18)27-14-15-10-12-17(13-11-15)23(25)26/h1-13,21-22H,14H2. The van der Waals surface area contributed by atoms with E-state index >= 15 is 0 Å². The van der Waals surface area contributed by atoms with Crippen molar-refractivity contribution in [3.63, 3.8) is 0 Å². The van der Waals surface area contributed by atoms with Crippen molar-refractivity contribution >= 4 is 11.5 Å². The second-order valence-corrected chi connectivity index (χ2v) is 6.46. The van der Waals surface area contributed by atoms with E-state index in [-0.39, 0.29) is 24.2 Å². The number of ether oxygens (including phenoxy) is 2. The summed E-state index contributed by atoms with van der Waals surface area (Å²) in [7, 11) is 0. The first-order valence-electron chi connectivity index (χ1n) is 8.83. The molecule has 3 aromatic carbocycles. The molecule has 0 bridgehead atoms. The van der Waals surface area contributed by atoms with E-state index in [9.17, 15) is 14.9 Å². The molecule has 0 aliphatic carbocycles. The molecule has 28 heavy (non-hydrogen) atoms. The van der Waals surface area contributed by atoms with Crippen LogP contribution in [-0.2, 0) is 11.3 Å². The van der Waals surface area contributed by atoms with E-state index in [0.29, 0.717) is 11.3 Å². The Balaban J connectivity index is 1.45. The maximum absolute atomic E-state index is 12.9. The van der Waals surface area contributed by atoms with E-state index in [2.05, 4.69) is 0 Å². The van der Waals surface area contributed by atoms with E-state index in [4.69, 9.17) is 9.47 Å². The Morgan fingerprint density at radius 3 is 2.36 bits per heavy atom. The lowest BCUT2D eigenvalue weighted by Gasteiger charge is -2.10. The fourth-order valence-corrected chi connectivity index (χ4v) is 3.03. The maximum Gasteiger partial charge on any atom is 0.269 e. The molecule has 1 aliphatic heterocycles. The number of nitro benzene ring substituents is 1. The number of non-ortho nitro benzene ring substituents is 1. The van der Waals surface area contributed by atoms with E-state index in [0.717, 1.165) is 11.1 Å². The Morgan fingerprint density at radius 1 is 0.964 bits per heavy atom. The monoisotopic (exact) mass is 375 g/mol. The molecule has 6 nitrogen and oxygen atoms in total. The first-order chi connectivity index (χ1) is 13.6. The highest BCUT2D eigenvalue weighted by molar-refractivity contribution is 6.03. The van der Waals surface area contributed by atoms with Gasteiger partial charge in [0.15, 0.2) is 11.9 Å². The van der Waals surface area contributed by atoms with E-state index in [1.807, 2.05) is 30.3 Å². The van der Waals surface area contributed by atoms with Crippen molar-refractivity contribution in [2.45, 2.75) is 18.8 Å². The third-order valence-electron chi connectivity index (χ3n) is 4.57. The number of hydrogen-bond acceptors (Lipinski definition) is 5. The molecule has 2 unspecified atom stereocenters. The molecule has 0 saturated carbocycles. The summed E-state index contributed by atoms with van der Waals surface area (Å²) in [5, 5.41) is 10.7. The van der Waals surface area contributed by atoms with Crippen LogP contribution < -0.4 is 4.74 Å². The second kappa shape index (κ2) is 7.62. The molecule has 1 heterocycles. The molecule has 1 saturated heterocycles. The highest BCUT2D eigenvalue weighted by Crippen LogP contribution is 2.41. The van der Waals surface area contributed by atoms with Crippen molar-refractivity contribution in [3.8, 4) is 5.75 Å². The molecule has 4 rings (SSSR count). The highest BCUT2D eigenvalue weighted by Gasteiger charge is 2.46. The number of hydrogen-bond donors (Lipinski definition) is 0. The third-order valence-corrected chi connectivity index (χ3v) is 4.57. The lowest BCUT2D eigenvalue weighted by molar-refractivity contribution is -0.384. The van der Waals surface area contributed by atoms with Gasteiger partial charge in [0.1, 0.15) is 18.5 Å². The van der Waals surface area contributed by atoms with Crippen LogP contribution in [0.5, 0.6) is 5.75 Å². The van der Waals surface area contributed by atoms with Gasteiger partial charge in [-0.3, -0.25) is 14.9 Å². The van der Waals surface area contributed by atoms with Crippen molar-refractivity contribution in [2.75, 3.05) is 0 Å². The van der Waals surface area contributed by atoms with Gasteiger partial charge >= 0.3 is 0 Å². The predicted molar refractivity (Wildman–Crippen MR) is 102 cm³/mol. The number of benzene rings is 3. The average molecular weight is 375 g/mol. The van der Waals surface area contributed by atoms with E-state index in [1.165, 1.54) is 12.1 Å². The van der Waals surface area contributed by atoms with Crippen molar-refractivity contribution < 1.29 is 19.2 Å². The Labute approximate surface area is 161 Å². The number of nitrogens with zero attached hydrogens (tertiary/aromatic N) is 1. The van der Waals surface area contributed by atoms with Crippen molar-refractivity contribution in [1.82, 2.24) is 0 Å². The Morgan fingerprint density at radius 2 is 1.64 bits per heavy atom. The molecule has 140 valence electrons. The molecular formula is C22H17NO5. The minimum absolute atomic E-state index is 0.0252. The molecule has 2 atom stereocenters. The first kappa shape index (κ1) is 17.9. The number of epoxide rings is 1. The summed E-state index contributed by atoms with van der Waals surface area (Å²) in [5.41, 5.74) is 2.24. The van der Waals surface area contributed by atoms with E-state index in [1.54, 1.807) is 36.4 Å². The van der Waals surface area contributed by atoms with Gasteiger partial charge in [-0.2, -0.15) is 0 Å². The molecule has 6 heteroatoms. The van der Waals surface area contributed by atoms with Crippen LogP contribution in [0.15, 0.2) is 78.9 Å². The second-order valence-electron chi connectivity index (χ2n) is 6.46. The minimum Gasteiger partial charge on any atom is -0.488 e. The van der Waals surface area contributed by atoms with Gasteiger partial charge in [-0.25, -0.2) is 0 Å². The predicted octanol–water partition coefficient (Wildman–Crippen LogP) is 4.50. The summed E-state index contributed by atoms with van der Waals surface area (Å²) in [6, 6.07) is 22.8. The number of carbonyl (C=O) groups is 1. The van der Waals surface area contributed by atoms with Crippen LogP contribution in [0.3, 0.4) is 0 Å². The number of ketones is 1. The van der Waals surface area contributed by atoms with Gasteiger partial charge in [0.25, 0.3) is 5.69 Å². The van der Waals surface area contributed by atoms with Crippen LogP contribution in [0, 0.1) is 10.1 Å². The number of carbonyl (C=O) groups excluding carboxylic acids is 1. The molecular weight excluding hydrogens is 358 g/mol. The van der Waals surface area contributed by atoms with Crippen molar-refractivity contribution in [1.29, 1.82) is 0 Å². The number of nitro groups is 1. The van der Waals surface area contributed by atoms with Gasteiger partial charge in [0.2, 0.25) is 0 Å². The normalized spacial score (nSPS) is 17.7. The van der Waals surface area contributed by atoms with E-state index < -0.39 is 11.0 Å². The fraction of sp³-hybridized carbons (Fsp3) is 0.136. The number of rotatable bonds is 7. The van der Waals surface area contributed by atoms with Crippen LogP contribution in [0.2, 0.25) is 0 Å². The lowest BCUT2D eigenvalue weighted by atomic mass is 10.0. The molecule has 0 radical (unpaired) electrons. The summed E-state index contributed by atoms with van der Waals surface area (Å²) < 4.78 is 11.4. The Hall–Kier alpha value is -3.51. The number of para-hydroxylation sites is 1. The third kappa shape index (κ3) is 3.77. The summed E-state index contributed by atoms with van der Waals surface area (Å²) in [4.78, 5) is 23.2. The zero-order valence-electron chi connectivity index (χ0n) is 14.9. The molecule has 1 aliphatic rings. The quantitative estimate of drug-likeness (QED) is 0.263. The zero-order valence-corrected chi connectivity index (χ0v) is 14.9. The Kier molecular flexibility index (Phi) is 4.87. The van der Waals surface area contributed by atoms with Crippen LogP contribution in [0.25, 0.3) is 0 Å². The lowest BCUT2D eigenvalue weighted by Crippen LogP contribution is -2.10. The molecule has 0 spiro atoms. The summed E-state index contributed by atoms with van der Waals surface area (Å²) >= 11 is 0. The summed E-state index contributed by atoms with van der Waals surface area (Å²) in [6.45, 7) is 0.204. The molecule has 0 N–H and O–H groups in total. The van der Waals surface area contributed by atoms with Gasteiger partial charge < -0.3 is 9.47 Å². The average Bonchev–Trinajstić information content (AvgIpc) is 3.54. The molecule has 0 amide bonds. The maximum atomic E-state index is 12.9. The smallest absolute Gasteiger partial charge is 0.269 e. The van der Waals surface area contributed by atoms with Crippen LogP contribution in [0.1, 0.15) is 27.6 Å². The zero-order chi connectivity index (χ0) is 19.5. The van der Waals surface area contributed by atoms with Gasteiger partial charge in [0, 0.05) is 12.1 Å². The molecule has 1 fully saturated rings. The number of Topliss-reactive ketones (excluding diaryl/α,β-unsaturated/α-hetero) is 1. The fourth-order valence-electron chi connectivity index (χ4n) is 3.03. The minimum atomic E-state index is -0.508. The SMILES string of the molecule is O=C(c1ccccc1OCc1ccc([N+](=O)[O-])cc1)C1OC1c1ccccc1. The van der Waals surface area contributed by atoms with Gasteiger partial charge in [-0.1, -0.05) is 42.5 Å². The van der Waals surface area contributed by atoms with Crippen molar-refractivity contribution in [2.24, 2.45) is 0 Å². The van der Waals surface area contributed by atoms with Crippen LogP contribution >= 0.6 is 0 Å². The van der Waals surface area contributed by atoms with Crippen molar-refractivity contribution in [3.05, 3.63) is 106 Å². The van der Waals surface area contributed by atoms with Gasteiger partial charge in [-0.15, -0.1) is 0 Å². The summed E-state index contributed by atoms with van der Waals surface area (Å²) in [5.74, 6) is 0.348. The van der Waals surface area contributed by atoms with Crippen LogP contribution in [-0.4, -0.2) is 16.8 Å². The largest absolute Gasteiger partial charge is 0.488 e. The Bertz CT molecular complexity index is 1000. The topological polar surface area (TPSA) is 82.0 Å². The molecule has 3 aromatic rings. The van der Waals surface area contributed by atoms with Gasteiger partial charge in [-0.05, 0) is 35.4 Å². The van der Waals surface area contributed by atoms with Gasteiger partial charge in [0.05, 0.1) is 10.5 Å². The molecule has 0 aromatic heterocycles. The highest BCUT2D eigenvalue weighted by atomic mass is 16.6. The first-order valence-corrected chi connectivity index (χ1v) is 8.83. The summed E-state index contributed by atoms with van der Waals surface area (Å²) in [6.07, 6.45) is -0.733. The van der Waals surface area contributed by atoms with Crippen LogP contribution in [0.4, 0.5) is 5.69 Å².